The maximum Gasteiger partial charge on any atom is 0.272 e. The fraction of sp³-hybridized carbons (Fsp3) is 0.857. The molecule has 3 heterocycles. The quantitative estimate of drug-likeness (QED) is 0.458. The first-order chi connectivity index (χ1) is 9.00. The first kappa shape index (κ1) is 14.7. The Labute approximate surface area is 130 Å². The van der Waals surface area contributed by atoms with Crippen molar-refractivity contribution in [1.29, 1.82) is 0 Å². The van der Waals surface area contributed by atoms with Crippen molar-refractivity contribution in [3.05, 3.63) is 10.3 Å². The van der Waals surface area contributed by atoms with Gasteiger partial charge in [-0.05, 0) is 12.5 Å². The molecule has 0 aromatic carbocycles. The van der Waals surface area contributed by atoms with Crippen LogP contribution in [0.3, 0.4) is 0 Å². The molecule has 0 aliphatic carbocycles. The van der Waals surface area contributed by atoms with Crippen LogP contribution in [0, 0.1) is 0 Å². The van der Waals surface area contributed by atoms with Crippen LogP contribution in [-0.4, -0.2) is 22.2 Å². The molecule has 2 fully saturated rings. The highest BCUT2D eigenvalue weighted by Gasteiger charge is 2.49. The molecular weight excluding hydrogens is 306 g/mol. The zero-order valence-electron chi connectivity index (χ0n) is 12.1. The van der Waals surface area contributed by atoms with E-state index in [1.54, 1.807) is 10.3 Å². The molecule has 1 radical (unpaired) electrons. The summed E-state index contributed by atoms with van der Waals surface area (Å²) in [7, 11) is -0.468. The summed E-state index contributed by atoms with van der Waals surface area (Å²) in [5, 5.41) is 0. The molecule has 3 aliphatic rings. The molecule has 3 aliphatic heterocycles. The van der Waals surface area contributed by atoms with Gasteiger partial charge in [0.15, 0.2) is 6.71 Å². The lowest BCUT2D eigenvalue weighted by molar-refractivity contribution is 0.445. The van der Waals surface area contributed by atoms with Crippen molar-refractivity contribution in [3.63, 3.8) is 0 Å². The first-order valence-electron chi connectivity index (χ1n) is 7.92. The van der Waals surface area contributed by atoms with E-state index in [0.717, 1.165) is 24.4 Å². The molecule has 0 nitrogen and oxygen atoms in total. The van der Waals surface area contributed by atoms with Crippen LogP contribution in [0.15, 0.2) is 10.3 Å². The van der Waals surface area contributed by atoms with Crippen LogP contribution >= 0.6 is 22.2 Å². The summed E-state index contributed by atoms with van der Waals surface area (Å²) in [5.41, 5.74) is 1.78. The minimum atomic E-state index is -2.06. The van der Waals surface area contributed by atoms with Gasteiger partial charge in [-0.1, -0.05) is 68.1 Å². The van der Waals surface area contributed by atoms with Crippen LogP contribution < -0.4 is 0 Å². The molecule has 0 unspecified atom stereocenters. The van der Waals surface area contributed by atoms with Crippen LogP contribution in [0.4, 0.5) is 0 Å². The predicted molar refractivity (Wildman–Crippen MR) is 92.3 cm³/mol. The Morgan fingerprint density at radius 2 is 1.58 bits per heavy atom. The Morgan fingerprint density at radius 1 is 1.05 bits per heavy atom. The summed E-state index contributed by atoms with van der Waals surface area (Å²) >= 11 is 13.5. The van der Waals surface area contributed by atoms with E-state index >= 15 is 0 Å². The third-order valence-corrected chi connectivity index (χ3v) is 14.9. The van der Waals surface area contributed by atoms with Crippen LogP contribution in [0.5, 0.6) is 0 Å². The Balaban J connectivity index is 1.97. The maximum absolute atomic E-state index is 6.77. The minimum Gasteiger partial charge on any atom is -0.141 e. The Hall–Kier alpha value is 0.819. The SMILES string of the molecule is C[Si](C)C1=C(B2C3CCCC2CCC3)CC[Si]1(Cl)Cl. The summed E-state index contributed by atoms with van der Waals surface area (Å²) in [6.07, 6.45) is 10.0. The van der Waals surface area contributed by atoms with Gasteiger partial charge in [0.2, 0.25) is 0 Å². The standard InChI is InChI=1S/C14H24BCl2Si2/c1-18(2)14-13(9-10-19(14,16)17)15-11-5-3-6-12(15)8-4-7-11/h11-12H,3-10H2,1-2H3. The van der Waals surface area contributed by atoms with Gasteiger partial charge in [-0.15, -0.1) is 27.6 Å². The van der Waals surface area contributed by atoms with E-state index in [1.807, 2.05) is 0 Å². The normalized spacial score (nSPS) is 34.3. The third kappa shape index (κ3) is 2.65. The van der Waals surface area contributed by atoms with E-state index in [2.05, 4.69) is 13.1 Å². The summed E-state index contributed by atoms with van der Waals surface area (Å²) in [6, 6.07) is 1.10. The molecule has 0 N–H and O–H groups in total. The van der Waals surface area contributed by atoms with Gasteiger partial charge in [0.25, 0.3) is 6.69 Å². The van der Waals surface area contributed by atoms with E-state index in [-0.39, 0.29) is 0 Å². The average Bonchev–Trinajstić information content (AvgIpc) is 2.63. The molecule has 5 heteroatoms. The van der Waals surface area contributed by atoms with Crippen LogP contribution in [-0.2, 0) is 0 Å². The van der Waals surface area contributed by atoms with Gasteiger partial charge in [0.1, 0.15) is 0 Å². The monoisotopic (exact) mass is 329 g/mol. The van der Waals surface area contributed by atoms with Crippen molar-refractivity contribution in [1.82, 2.24) is 0 Å². The first-order valence-corrected chi connectivity index (χ1v) is 14.7. The maximum atomic E-state index is 6.77. The van der Waals surface area contributed by atoms with Crippen molar-refractivity contribution in [2.24, 2.45) is 0 Å². The van der Waals surface area contributed by atoms with Gasteiger partial charge in [0.05, 0.1) is 8.80 Å². The fourth-order valence-corrected chi connectivity index (χ4v) is 15.6. The lowest BCUT2D eigenvalue weighted by Gasteiger charge is -2.42. The molecule has 3 rings (SSSR count). The molecule has 0 aromatic rings. The van der Waals surface area contributed by atoms with Crippen LogP contribution in [0.25, 0.3) is 0 Å². The second kappa shape index (κ2) is 5.55. The van der Waals surface area contributed by atoms with Crippen molar-refractivity contribution in [2.75, 3.05) is 0 Å². The number of rotatable bonds is 2. The number of fused-ring (bicyclic) bond motifs is 2. The van der Waals surface area contributed by atoms with Gasteiger partial charge in [0, 0.05) is 0 Å². The molecule has 0 atom stereocenters. The molecule has 105 valence electrons. The molecule has 0 aromatic heterocycles. The van der Waals surface area contributed by atoms with Crippen molar-refractivity contribution < 1.29 is 0 Å². The summed E-state index contributed by atoms with van der Waals surface area (Å²) in [5.74, 6) is 1.94. The van der Waals surface area contributed by atoms with E-state index in [4.69, 9.17) is 22.2 Å². The highest BCUT2D eigenvalue weighted by atomic mass is 35.7. The lowest BCUT2D eigenvalue weighted by atomic mass is 9.24. The van der Waals surface area contributed by atoms with Crippen molar-refractivity contribution in [2.45, 2.75) is 75.7 Å². The number of halogens is 2. The van der Waals surface area contributed by atoms with Gasteiger partial charge < -0.3 is 0 Å². The summed E-state index contributed by atoms with van der Waals surface area (Å²) in [4.78, 5) is 1.63. The molecule has 0 saturated carbocycles. The van der Waals surface area contributed by atoms with Crippen LogP contribution in [0.1, 0.15) is 44.9 Å². The van der Waals surface area contributed by atoms with Crippen molar-refractivity contribution in [3.8, 4) is 0 Å². The van der Waals surface area contributed by atoms with Gasteiger partial charge >= 0.3 is 0 Å². The molecular formula is C14H24BCl2Si2. The number of hydrogen-bond acceptors (Lipinski definition) is 0. The highest BCUT2D eigenvalue weighted by Crippen LogP contribution is 2.53. The van der Waals surface area contributed by atoms with E-state index < -0.39 is 15.5 Å². The third-order valence-electron chi connectivity index (χ3n) is 5.61. The Morgan fingerprint density at radius 3 is 2.05 bits per heavy atom. The molecule has 0 amide bonds. The second-order valence-corrected chi connectivity index (χ2v) is 16.9. The zero-order chi connectivity index (χ0) is 13.6. The van der Waals surface area contributed by atoms with E-state index in [0.29, 0.717) is 0 Å². The van der Waals surface area contributed by atoms with Crippen LogP contribution in [0.2, 0.25) is 30.8 Å². The summed E-state index contributed by atoms with van der Waals surface area (Å²) < 4.78 is 0. The largest absolute Gasteiger partial charge is 0.272 e. The topological polar surface area (TPSA) is 0 Å². The van der Waals surface area contributed by atoms with Gasteiger partial charge in [-0.2, -0.15) is 0 Å². The smallest absolute Gasteiger partial charge is 0.141 e. The molecule has 19 heavy (non-hydrogen) atoms. The van der Waals surface area contributed by atoms with Gasteiger partial charge in [-0.25, -0.2) is 0 Å². The molecule has 2 saturated heterocycles. The van der Waals surface area contributed by atoms with E-state index in [1.165, 1.54) is 44.9 Å². The number of hydrogen-bond donors (Lipinski definition) is 0. The predicted octanol–water partition coefficient (Wildman–Crippen LogP) is 5.58. The Kier molecular flexibility index (Phi) is 4.30. The minimum absolute atomic E-state index is 0.468. The Bertz CT molecular complexity index is 373. The highest BCUT2D eigenvalue weighted by molar-refractivity contribution is 7.51. The summed E-state index contributed by atoms with van der Waals surface area (Å²) in [6.45, 7) is 3.62. The lowest BCUT2D eigenvalue weighted by Crippen LogP contribution is -2.38. The average molecular weight is 330 g/mol. The molecule has 2 bridgehead atoms. The van der Waals surface area contributed by atoms with E-state index in [9.17, 15) is 0 Å². The zero-order valence-corrected chi connectivity index (χ0v) is 15.7. The fourth-order valence-electron chi connectivity index (χ4n) is 5.04. The van der Waals surface area contributed by atoms with Crippen molar-refractivity contribution >= 4 is 44.4 Å². The molecule has 0 spiro atoms. The number of allylic oxidation sites excluding steroid dienone is 1. The second-order valence-electron chi connectivity index (χ2n) is 7.01. The van der Waals surface area contributed by atoms with Gasteiger partial charge in [-0.3, -0.25) is 0 Å².